The molecular formula is C44H42N4O6S4+2. The Morgan fingerprint density at radius 2 is 1.02 bits per heavy atom. The molecule has 2 aromatic heterocycles. The molecule has 8 rings (SSSR count). The van der Waals surface area contributed by atoms with E-state index in [1.165, 1.54) is 0 Å². The second kappa shape index (κ2) is 16.4. The van der Waals surface area contributed by atoms with Crippen LogP contribution in [0.1, 0.15) is 24.2 Å². The summed E-state index contributed by atoms with van der Waals surface area (Å²) in [7, 11) is -4.12. The normalized spacial score (nSPS) is 15.4. The highest BCUT2D eigenvalue weighted by atomic mass is 32.2. The van der Waals surface area contributed by atoms with Crippen molar-refractivity contribution >= 4 is 78.1 Å². The maximum absolute atomic E-state index is 11.5. The standard InChI is InChI=1S/C44H40N4O6S4/c1-45-23-19-32(27-34(45)29-42-47(21-9-25-57(49,50)51)38-15-3-5-17-40(38)55-42)36-13-7-11-31-12-8-14-37(44(31)36)33-20-24-46(2)35(28-33)30-43-48(22-10-26-58(52,53)54)39-16-4-6-18-41(39)56-43/h3-8,11-20,23-24,27-30H,9-10,21-22,25-26H2,1-2H3/p+2. The van der Waals surface area contributed by atoms with Gasteiger partial charge in [-0.2, -0.15) is 16.8 Å². The average Bonchev–Trinajstić information content (AvgIpc) is 3.72. The van der Waals surface area contributed by atoms with Gasteiger partial charge in [0.1, 0.15) is 14.1 Å². The van der Waals surface area contributed by atoms with Gasteiger partial charge in [0.15, 0.2) is 12.4 Å². The van der Waals surface area contributed by atoms with E-state index in [4.69, 9.17) is 0 Å². The molecule has 0 radical (unpaired) electrons. The molecule has 0 spiro atoms. The molecule has 0 saturated heterocycles. The minimum absolute atomic E-state index is 0.286. The number of para-hydroxylation sites is 2. The Bertz CT molecular complexity index is 2670. The van der Waals surface area contributed by atoms with E-state index in [0.717, 1.165) is 75.6 Å². The summed E-state index contributed by atoms with van der Waals surface area (Å²) in [6.07, 6.45) is 8.96. The molecule has 0 atom stereocenters. The summed E-state index contributed by atoms with van der Waals surface area (Å²) >= 11 is 3.28. The molecule has 58 heavy (non-hydrogen) atoms. The molecule has 0 amide bonds. The van der Waals surface area contributed by atoms with Crippen molar-refractivity contribution in [3.63, 3.8) is 0 Å². The van der Waals surface area contributed by atoms with Crippen LogP contribution in [-0.2, 0) is 34.3 Å². The zero-order valence-corrected chi connectivity index (χ0v) is 35.2. The summed E-state index contributed by atoms with van der Waals surface area (Å²) in [6.45, 7) is 0.883. The SMILES string of the molecule is C[n+]1ccc(-c2cccc3cccc(-c4cc[n+](C)c(/C=C5\Sc6ccccc6N5CCCS(=O)(=O)O)c4)c23)cc1/C=C1\Sc2ccccc2N1CCCS(=O)(=O)O. The van der Waals surface area contributed by atoms with Crippen molar-refractivity contribution in [3.05, 3.63) is 143 Å². The number of fused-ring (bicyclic) bond motifs is 3. The van der Waals surface area contributed by atoms with Gasteiger partial charge in [-0.1, -0.05) is 84.2 Å². The van der Waals surface area contributed by atoms with E-state index in [1.807, 2.05) is 50.5 Å². The fourth-order valence-electron chi connectivity index (χ4n) is 7.46. The first kappa shape index (κ1) is 39.8. The molecule has 4 aromatic carbocycles. The number of hydrogen-bond donors (Lipinski definition) is 2. The number of anilines is 2. The highest BCUT2D eigenvalue weighted by Crippen LogP contribution is 2.48. The van der Waals surface area contributed by atoms with Crippen LogP contribution in [0.4, 0.5) is 11.4 Å². The quantitative estimate of drug-likeness (QED) is 0.0921. The molecule has 2 N–H and O–H groups in total. The lowest BCUT2D eigenvalue weighted by Crippen LogP contribution is -2.31. The Labute approximate surface area is 347 Å². The second-order valence-corrected chi connectivity index (χ2v) is 19.6. The van der Waals surface area contributed by atoms with Gasteiger partial charge in [-0.05, 0) is 70.1 Å². The van der Waals surface area contributed by atoms with Crippen LogP contribution < -0.4 is 18.9 Å². The van der Waals surface area contributed by atoms with Gasteiger partial charge in [0, 0.05) is 59.3 Å². The lowest BCUT2D eigenvalue weighted by molar-refractivity contribution is -0.673. The van der Waals surface area contributed by atoms with Crippen LogP contribution in [0.3, 0.4) is 0 Å². The molecule has 10 nitrogen and oxygen atoms in total. The van der Waals surface area contributed by atoms with E-state index in [1.54, 1.807) is 23.5 Å². The minimum atomic E-state index is -4.07. The van der Waals surface area contributed by atoms with E-state index in [9.17, 15) is 25.9 Å². The Morgan fingerprint density at radius 1 is 0.586 bits per heavy atom. The number of thioether (sulfide) groups is 2. The highest BCUT2D eigenvalue weighted by Gasteiger charge is 2.28. The lowest BCUT2D eigenvalue weighted by atomic mass is 9.91. The van der Waals surface area contributed by atoms with E-state index in [0.29, 0.717) is 13.1 Å². The van der Waals surface area contributed by atoms with Gasteiger partial charge in [-0.3, -0.25) is 9.11 Å². The first-order valence-electron chi connectivity index (χ1n) is 18.8. The van der Waals surface area contributed by atoms with Gasteiger partial charge in [-0.25, -0.2) is 9.13 Å². The number of aromatic nitrogens is 2. The van der Waals surface area contributed by atoms with Crippen molar-refractivity contribution in [1.82, 2.24) is 0 Å². The highest BCUT2D eigenvalue weighted by molar-refractivity contribution is 8.04. The van der Waals surface area contributed by atoms with Gasteiger partial charge in [0.05, 0.1) is 32.9 Å². The summed E-state index contributed by atoms with van der Waals surface area (Å²) in [5, 5.41) is 4.17. The largest absolute Gasteiger partial charge is 0.335 e. The smallest absolute Gasteiger partial charge is 0.264 e. The zero-order valence-electron chi connectivity index (χ0n) is 31.9. The lowest BCUT2D eigenvalue weighted by Gasteiger charge is -2.20. The fourth-order valence-corrected chi connectivity index (χ4v) is 10.7. The summed E-state index contributed by atoms with van der Waals surface area (Å²) in [4.78, 5) is 6.42. The third kappa shape index (κ3) is 8.72. The van der Waals surface area contributed by atoms with E-state index in [2.05, 4.69) is 116 Å². The predicted octanol–water partition coefficient (Wildman–Crippen LogP) is 8.20. The maximum atomic E-state index is 11.5. The minimum Gasteiger partial charge on any atom is -0.335 e. The number of rotatable bonds is 12. The van der Waals surface area contributed by atoms with Crippen molar-refractivity contribution in [2.45, 2.75) is 22.6 Å². The fraction of sp³-hybridized carbons (Fsp3) is 0.182. The van der Waals surface area contributed by atoms with Crippen LogP contribution in [0.25, 0.3) is 45.2 Å². The maximum Gasteiger partial charge on any atom is 0.264 e. The summed E-state index contributed by atoms with van der Waals surface area (Å²) in [5.74, 6) is -0.611. The molecule has 0 aliphatic carbocycles. The average molecular weight is 851 g/mol. The Hall–Kier alpha value is -4.96. The summed E-state index contributed by atoms with van der Waals surface area (Å²) in [5.41, 5.74) is 8.23. The van der Waals surface area contributed by atoms with Crippen LogP contribution in [0, 0.1) is 0 Å². The Kier molecular flexibility index (Phi) is 11.2. The van der Waals surface area contributed by atoms with Crippen molar-refractivity contribution in [2.75, 3.05) is 34.4 Å². The predicted molar refractivity (Wildman–Crippen MR) is 234 cm³/mol. The number of nitrogens with zero attached hydrogens (tertiary/aromatic N) is 4. The molecule has 14 heteroatoms. The third-order valence-electron chi connectivity index (χ3n) is 10.3. The summed E-state index contributed by atoms with van der Waals surface area (Å²) < 4.78 is 69.1. The molecular weight excluding hydrogens is 809 g/mol. The van der Waals surface area contributed by atoms with Crippen LogP contribution in [0.15, 0.2) is 141 Å². The van der Waals surface area contributed by atoms with E-state index >= 15 is 0 Å². The monoisotopic (exact) mass is 850 g/mol. The molecule has 6 aromatic rings. The molecule has 0 bridgehead atoms. The Balaban J connectivity index is 1.16. The van der Waals surface area contributed by atoms with Crippen molar-refractivity contribution in [2.24, 2.45) is 14.1 Å². The van der Waals surface area contributed by atoms with Gasteiger partial charge in [-0.15, -0.1) is 0 Å². The molecule has 2 aliphatic rings. The Morgan fingerprint density at radius 3 is 1.45 bits per heavy atom. The zero-order chi connectivity index (χ0) is 40.6. The third-order valence-corrected chi connectivity index (χ3v) is 14.1. The number of pyridine rings is 2. The van der Waals surface area contributed by atoms with Crippen LogP contribution in [0.2, 0.25) is 0 Å². The molecule has 2 aliphatic heterocycles. The first-order chi connectivity index (χ1) is 27.8. The van der Waals surface area contributed by atoms with Gasteiger partial charge in [0.2, 0.25) is 11.4 Å². The van der Waals surface area contributed by atoms with E-state index in [-0.39, 0.29) is 24.3 Å². The first-order valence-corrected chi connectivity index (χ1v) is 23.6. The van der Waals surface area contributed by atoms with Crippen LogP contribution in [0.5, 0.6) is 0 Å². The summed E-state index contributed by atoms with van der Waals surface area (Å²) in [6, 6.07) is 37.5. The number of hydrogen-bond acceptors (Lipinski definition) is 8. The van der Waals surface area contributed by atoms with Gasteiger partial charge >= 0.3 is 0 Å². The van der Waals surface area contributed by atoms with Crippen LogP contribution >= 0.6 is 23.5 Å². The topological polar surface area (TPSA) is 123 Å². The number of benzene rings is 4. The molecule has 296 valence electrons. The van der Waals surface area contributed by atoms with Crippen molar-refractivity contribution in [1.29, 1.82) is 0 Å². The second-order valence-electron chi connectivity index (χ2n) is 14.3. The van der Waals surface area contributed by atoms with Crippen LogP contribution in [-0.4, -0.2) is 50.5 Å². The number of aryl methyl sites for hydroxylation is 2. The molecule has 4 heterocycles. The van der Waals surface area contributed by atoms with E-state index < -0.39 is 20.2 Å². The molecule has 0 unspecified atom stereocenters. The van der Waals surface area contributed by atoms with Crippen molar-refractivity contribution in [3.8, 4) is 22.3 Å². The molecule has 0 saturated carbocycles. The molecule has 0 fully saturated rings. The van der Waals surface area contributed by atoms with Crippen molar-refractivity contribution < 1.29 is 35.1 Å². The van der Waals surface area contributed by atoms with Gasteiger partial charge in [0.25, 0.3) is 20.2 Å². The van der Waals surface area contributed by atoms with Gasteiger partial charge < -0.3 is 9.80 Å².